The summed E-state index contributed by atoms with van der Waals surface area (Å²) in [6.45, 7) is 2.92. The molecule has 0 amide bonds. The number of aromatic nitrogens is 2. The third-order valence-electron chi connectivity index (χ3n) is 5.73. The molecule has 5 nitrogen and oxygen atoms in total. The first-order valence-corrected chi connectivity index (χ1v) is 10.4. The maximum atomic E-state index is 11.3. The monoisotopic (exact) mass is 429 g/mol. The first-order valence-electron chi connectivity index (χ1n) is 9.63. The molecule has 1 aliphatic heterocycles. The second-order valence-electron chi connectivity index (χ2n) is 7.46. The van der Waals surface area contributed by atoms with Gasteiger partial charge in [0.1, 0.15) is 12.1 Å². The number of anilines is 1. The van der Waals surface area contributed by atoms with E-state index in [1.165, 1.54) is 0 Å². The number of hydrogen-bond acceptors (Lipinski definition) is 4. The van der Waals surface area contributed by atoms with Gasteiger partial charge in [-0.05, 0) is 55.0 Å². The molecule has 2 unspecified atom stereocenters. The zero-order chi connectivity index (χ0) is 20.5. The minimum absolute atomic E-state index is 0.0693. The van der Waals surface area contributed by atoms with E-state index in [9.17, 15) is 9.90 Å². The fourth-order valence-corrected chi connectivity index (χ4v) is 4.53. The summed E-state index contributed by atoms with van der Waals surface area (Å²) in [7, 11) is 0. The molecular formula is C22H21Cl2N3O2. The molecule has 2 heterocycles. The Morgan fingerprint density at radius 1 is 1.21 bits per heavy atom. The number of nitrogens with zero attached hydrogens (tertiary/aromatic N) is 3. The standard InChI is InChI=1S/C22H21Cl2N3O2/c1-13-14(11-20(28)29)4-3-9-27(13)22-21-16(5-2-6-19(21)25-12-26-22)15-7-8-17(23)18(24)10-15/h2,5-8,10,12-14H,3-4,9,11H2,1H3,(H,28,29). The van der Waals surface area contributed by atoms with Crippen LogP contribution < -0.4 is 4.90 Å². The minimum atomic E-state index is -0.757. The van der Waals surface area contributed by atoms with Crippen molar-refractivity contribution >= 4 is 45.9 Å². The van der Waals surface area contributed by atoms with Gasteiger partial charge in [-0.25, -0.2) is 9.97 Å². The van der Waals surface area contributed by atoms with Crippen molar-refractivity contribution in [1.82, 2.24) is 9.97 Å². The molecule has 1 saturated heterocycles. The number of rotatable bonds is 4. The van der Waals surface area contributed by atoms with Crippen LogP contribution in [0.2, 0.25) is 10.0 Å². The number of hydrogen-bond donors (Lipinski definition) is 1. The summed E-state index contributed by atoms with van der Waals surface area (Å²) in [5, 5.41) is 11.2. The zero-order valence-corrected chi connectivity index (χ0v) is 17.5. The molecular weight excluding hydrogens is 409 g/mol. The SMILES string of the molecule is CC1C(CC(=O)O)CCCN1c1ncnc2cccc(-c3ccc(Cl)c(Cl)c3)c12. The van der Waals surface area contributed by atoms with Crippen LogP contribution in [0.1, 0.15) is 26.2 Å². The maximum absolute atomic E-state index is 11.3. The highest BCUT2D eigenvalue weighted by Crippen LogP contribution is 2.39. The van der Waals surface area contributed by atoms with E-state index < -0.39 is 5.97 Å². The summed E-state index contributed by atoms with van der Waals surface area (Å²) in [6, 6.07) is 11.6. The van der Waals surface area contributed by atoms with Crippen LogP contribution in [-0.2, 0) is 4.79 Å². The third-order valence-corrected chi connectivity index (χ3v) is 6.47. The fraction of sp³-hybridized carbons (Fsp3) is 0.318. The smallest absolute Gasteiger partial charge is 0.303 e. The van der Waals surface area contributed by atoms with Crippen molar-refractivity contribution in [2.45, 2.75) is 32.2 Å². The molecule has 1 fully saturated rings. The molecule has 0 saturated carbocycles. The summed E-state index contributed by atoms with van der Waals surface area (Å²) in [5.74, 6) is 0.162. The summed E-state index contributed by atoms with van der Waals surface area (Å²) in [5.41, 5.74) is 2.75. The van der Waals surface area contributed by atoms with Crippen LogP contribution in [0.3, 0.4) is 0 Å². The van der Waals surface area contributed by atoms with Crippen LogP contribution in [0.15, 0.2) is 42.7 Å². The van der Waals surface area contributed by atoms with Crippen molar-refractivity contribution < 1.29 is 9.90 Å². The fourth-order valence-electron chi connectivity index (χ4n) is 4.23. The van der Waals surface area contributed by atoms with Gasteiger partial charge in [-0.1, -0.05) is 41.4 Å². The number of halogens is 2. The number of carboxylic acid groups (broad SMARTS) is 1. The molecule has 0 radical (unpaired) electrons. The van der Waals surface area contributed by atoms with E-state index >= 15 is 0 Å². The predicted octanol–water partition coefficient (Wildman–Crippen LogP) is 5.68. The molecule has 29 heavy (non-hydrogen) atoms. The molecule has 1 N–H and O–H groups in total. The third kappa shape index (κ3) is 3.89. The number of benzene rings is 2. The molecule has 2 atom stereocenters. The lowest BCUT2D eigenvalue weighted by Crippen LogP contribution is -2.44. The van der Waals surface area contributed by atoms with Crippen molar-refractivity contribution in [3.05, 3.63) is 52.8 Å². The van der Waals surface area contributed by atoms with Gasteiger partial charge in [-0.15, -0.1) is 0 Å². The van der Waals surface area contributed by atoms with Crippen molar-refractivity contribution in [3.63, 3.8) is 0 Å². The Labute approximate surface area is 179 Å². The van der Waals surface area contributed by atoms with Crippen LogP contribution in [0, 0.1) is 5.92 Å². The van der Waals surface area contributed by atoms with Gasteiger partial charge in [0.2, 0.25) is 0 Å². The zero-order valence-electron chi connectivity index (χ0n) is 16.0. The van der Waals surface area contributed by atoms with Gasteiger partial charge in [0, 0.05) is 12.6 Å². The molecule has 1 aliphatic rings. The Morgan fingerprint density at radius 3 is 2.79 bits per heavy atom. The number of carboxylic acids is 1. The molecule has 0 aliphatic carbocycles. The summed E-state index contributed by atoms with van der Waals surface area (Å²) < 4.78 is 0. The molecule has 3 aromatic rings. The number of fused-ring (bicyclic) bond motifs is 1. The van der Waals surface area contributed by atoms with E-state index in [1.807, 2.05) is 30.3 Å². The predicted molar refractivity (Wildman–Crippen MR) is 117 cm³/mol. The van der Waals surface area contributed by atoms with Gasteiger partial charge in [-0.3, -0.25) is 4.79 Å². The van der Waals surface area contributed by atoms with Crippen LogP contribution in [-0.4, -0.2) is 33.6 Å². The quantitative estimate of drug-likeness (QED) is 0.577. The number of piperidine rings is 1. The largest absolute Gasteiger partial charge is 0.481 e. The Bertz CT molecular complexity index is 1070. The second kappa shape index (κ2) is 8.17. The lowest BCUT2D eigenvalue weighted by atomic mass is 9.87. The van der Waals surface area contributed by atoms with Crippen molar-refractivity contribution in [2.24, 2.45) is 5.92 Å². The van der Waals surface area contributed by atoms with Gasteiger partial charge in [0.25, 0.3) is 0 Å². The van der Waals surface area contributed by atoms with Crippen LogP contribution in [0.25, 0.3) is 22.0 Å². The van der Waals surface area contributed by atoms with Gasteiger partial charge >= 0.3 is 5.97 Å². The van der Waals surface area contributed by atoms with E-state index in [-0.39, 0.29) is 18.4 Å². The molecule has 2 aromatic carbocycles. The van der Waals surface area contributed by atoms with E-state index in [0.29, 0.717) is 10.0 Å². The van der Waals surface area contributed by atoms with Gasteiger partial charge in [0.15, 0.2) is 0 Å². The molecule has 150 valence electrons. The van der Waals surface area contributed by atoms with Gasteiger partial charge < -0.3 is 10.0 Å². The first-order chi connectivity index (χ1) is 14.0. The molecule has 4 rings (SSSR count). The average molecular weight is 430 g/mol. The minimum Gasteiger partial charge on any atom is -0.481 e. The van der Waals surface area contributed by atoms with Crippen LogP contribution in [0.5, 0.6) is 0 Å². The van der Waals surface area contributed by atoms with Crippen LogP contribution in [0.4, 0.5) is 5.82 Å². The van der Waals surface area contributed by atoms with Crippen LogP contribution >= 0.6 is 23.2 Å². The Morgan fingerprint density at radius 2 is 2.03 bits per heavy atom. The number of aliphatic carboxylic acids is 1. The van der Waals surface area contributed by atoms with Gasteiger partial charge in [-0.2, -0.15) is 0 Å². The Hall–Kier alpha value is -2.37. The summed E-state index contributed by atoms with van der Waals surface area (Å²) in [6.07, 6.45) is 3.58. The molecule has 7 heteroatoms. The van der Waals surface area contributed by atoms with E-state index in [0.717, 1.165) is 47.2 Å². The van der Waals surface area contributed by atoms with E-state index in [2.05, 4.69) is 21.8 Å². The normalized spacial score (nSPS) is 19.5. The van der Waals surface area contributed by atoms with Crippen molar-refractivity contribution in [3.8, 4) is 11.1 Å². The second-order valence-corrected chi connectivity index (χ2v) is 8.27. The molecule has 0 bridgehead atoms. The Kier molecular flexibility index (Phi) is 5.61. The molecule has 1 aromatic heterocycles. The maximum Gasteiger partial charge on any atom is 0.303 e. The van der Waals surface area contributed by atoms with Crippen molar-refractivity contribution in [2.75, 3.05) is 11.4 Å². The topological polar surface area (TPSA) is 66.3 Å². The lowest BCUT2D eigenvalue weighted by molar-refractivity contribution is -0.138. The number of carbonyl (C=O) groups is 1. The first kappa shape index (κ1) is 19.9. The summed E-state index contributed by atoms with van der Waals surface area (Å²) >= 11 is 12.4. The average Bonchev–Trinajstić information content (AvgIpc) is 2.70. The highest BCUT2D eigenvalue weighted by Gasteiger charge is 2.31. The van der Waals surface area contributed by atoms with E-state index in [4.69, 9.17) is 23.2 Å². The van der Waals surface area contributed by atoms with E-state index in [1.54, 1.807) is 12.4 Å². The molecule has 0 spiro atoms. The highest BCUT2D eigenvalue weighted by molar-refractivity contribution is 6.42. The lowest BCUT2D eigenvalue weighted by Gasteiger charge is -2.40. The highest BCUT2D eigenvalue weighted by atomic mass is 35.5. The summed E-state index contributed by atoms with van der Waals surface area (Å²) in [4.78, 5) is 22.6. The Balaban J connectivity index is 1.85. The van der Waals surface area contributed by atoms with Crippen molar-refractivity contribution in [1.29, 1.82) is 0 Å². The van der Waals surface area contributed by atoms with Gasteiger partial charge in [0.05, 0.1) is 27.4 Å².